The van der Waals surface area contributed by atoms with Gasteiger partial charge in [0.25, 0.3) is 5.91 Å². The van der Waals surface area contributed by atoms with Crippen molar-refractivity contribution in [1.82, 2.24) is 0 Å². The molecular weight excluding hydrogens is 260 g/mol. The van der Waals surface area contributed by atoms with Crippen molar-refractivity contribution in [1.29, 1.82) is 0 Å². The SMILES string of the molecule is Cc1cccc(C(=O)N2CC(C)(C)Nc3ccccc32)c1. The van der Waals surface area contributed by atoms with Gasteiger partial charge in [0.05, 0.1) is 11.4 Å². The summed E-state index contributed by atoms with van der Waals surface area (Å²) in [6.45, 7) is 6.88. The van der Waals surface area contributed by atoms with Crippen molar-refractivity contribution < 1.29 is 4.79 Å². The summed E-state index contributed by atoms with van der Waals surface area (Å²) in [6.07, 6.45) is 0. The molecule has 0 fully saturated rings. The minimum absolute atomic E-state index is 0.0562. The van der Waals surface area contributed by atoms with Gasteiger partial charge in [0.2, 0.25) is 0 Å². The van der Waals surface area contributed by atoms with Crippen LogP contribution in [0.4, 0.5) is 11.4 Å². The van der Waals surface area contributed by atoms with Crippen molar-refractivity contribution in [3.63, 3.8) is 0 Å². The van der Waals surface area contributed by atoms with Crippen LogP contribution in [-0.2, 0) is 0 Å². The lowest BCUT2D eigenvalue weighted by atomic mass is 9.98. The lowest BCUT2D eigenvalue weighted by molar-refractivity contribution is 0.0981. The third-order valence-corrected chi connectivity index (χ3v) is 3.73. The number of aryl methyl sites for hydroxylation is 1. The van der Waals surface area contributed by atoms with Gasteiger partial charge in [-0.2, -0.15) is 0 Å². The summed E-state index contributed by atoms with van der Waals surface area (Å²) in [5.74, 6) is 0.0562. The summed E-state index contributed by atoms with van der Waals surface area (Å²) >= 11 is 0. The zero-order valence-electron chi connectivity index (χ0n) is 12.7. The number of hydrogen-bond acceptors (Lipinski definition) is 2. The molecule has 3 nitrogen and oxygen atoms in total. The van der Waals surface area contributed by atoms with Crippen LogP contribution in [0.1, 0.15) is 29.8 Å². The molecule has 0 aromatic heterocycles. The minimum Gasteiger partial charge on any atom is -0.377 e. The predicted octanol–water partition coefficient (Wildman–Crippen LogP) is 3.85. The van der Waals surface area contributed by atoms with Crippen LogP contribution in [0.2, 0.25) is 0 Å². The Morgan fingerprint density at radius 3 is 2.67 bits per heavy atom. The van der Waals surface area contributed by atoms with Crippen LogP contribution in [0.25, 0.3) is 0 Å². The maximum absolute atomic E-state index is 12.9. The van der Waals surface area contributed by atoms with E-state index in [9.17, 15) is 4.79 Å². The van der Waals surface area contributed by atoms with Gasteiger partial charge < -0.3 is 10.2 Å². The van der Waals surface area contributed by atoms with Gasteiger partial charge >= 0.3 is 0 Å². The number of para-hydroxylation sites is 2. The number of nitrogens with zero attached hydrogens (tertiary/aromatic N) is 1. The van der Waals surface area contributed by atoms with Crippen LogP contribution in [0, 0.1) is 6.92 Å². The molecule has 1 aliphatic heterocycles. The van der Waals surface area contributed by atoms with E-state index < -0.39 is 0 Å². The number of rotatable bonds is 1. The molecule has 0 aliphatic carbocycles. The Balaban J connectivity index is 2.03. The van der Waals surface area contributed by atoms with E-state index in [1.807, 2.05) is 60.4 Å². The van der Waals surface area contributed by atoms with Crippen molar-refractivity contribution in [3.05, 3.63) is 59.7 Å². The highest BCUT2D eigenvalue weighted by molar-refractivity contribution is 6.08. The molecule has 108 valence electrons. The molecule has 0 saturated heterocycles. The Morgan fingerprint density at radius 1 is 1.14 bits per heavy atom. The molecular formula is C18H20N2O. The third kappa shape index (κ3) is 2.64. The van der Waals surface area contributed by atoms with Gasteiger partial charge in [-0.25, -0.2) is 0 Å². The molecule has 0 saturated carbocycles. The average molecular weight is 280 g/mol. The fourth-order valence-corrected chi connectivity index (χ4v) is 2.81. The molecule has 1 N–H and O–H groups in total. The summed E-state index contributed by atoms with van der Waals surface area (Å²) < 4.78 is 0. The molecule has 0 spiro atoms. The summed E-state index contributed by atoms with van der Waals surface area (Å²) in [7, 11) is 0. The standard InChI is InChI=1S/C18H20N2O/c1-13-7-6-8-14(11-13)17(21)20-12-18(2,3)19-15-9-4-5-10-16(15)20/h4-11,19H,12H2,1-3H3. The number of carbonyl (C=O) groups excluding carboxylic acids is 1. The normalized spacial score (nSPS) is 16.0. The van der Waals surface area contributed by atoms with Crippen molar-refractivity contribution in [2.24, 2.45) is 0 Å². The van der Waals surface area contributed by atoms with Crippen LogP contribution in [-0.4, -0.2) is 18.0 Å². The van der Waals surface area contributed by atoms with Gasteiger partial charge in [-0.3, -0.25) is 4.79 Å². The molecule has 3 rings (SSSR count). The number of carbonyl (C=O) groups is 1. The van der Waals surface area contributed by atoms with E-state index in [-0.39, 0.29) is 11.4 Å². The van der Waals surface area contributed by atoms with E-state index in [1.54, 1.807) is 0 Å². The maximum Gasteiger partial charge on any atom is 0.258 e. The number of anilines is 2. The molecule has 2 aromatic rings. The van der Waals surface area contributed by atoms with Crippen LogP contribution >= 0.6 is 0 Å². The van der Waals surface area contributed by atoms with Gasteiger partial charge in [0, 0.05) is 17.6 Å². The van der Waals surface area contributed by atoms with Gasteiger partial charge in [0.1, 0.15) is 0 Å². The first-order chi connectivity index (χ1) is 9.96. The molecule has 0 atom stereocenters. The zero-order chi connectivity index (χ0) is 15.0. The fourth-order valence-electron chi connectivity index (χ4n) is 2.81. The predicted molar refractivity (Wildman–Crippen MR) is 87.0 cm³/mol. The number of nitrogens with one attached hydrogen (secondary N) is 1. The molecule has 21 heavy (non-hydrogen) atoms. The number of hydrogen-bond donors (Lipinski definition) is 1. The fraction of sp³-hybridized carbons (Fsp3) is 0.278. The Kier molecular flexibility index (Phi) is 3.20. The largest absolute Gasteiger partial charge is 0.377 e. The van der Waals surface area contributed by atoms with Gasteiger partial charge in [-0.15, -0.1) is 0 Å². The highest BCUT2D eigenvalue weighted by atomic mass is 16.2. The smallest absolute Gasteiger partial charge is 0.258 e. The quantitative estimate of drug-likeness (QED) is 0.860. The summed E-state index contributed by atoms with van der Waals surface area (Å²) in [5.41, 5.74) is 3.65. The highest BCUT2D eigenvalue weighted by Gasteiger charge is 2.32. The van der Waals surface area contributed by atoms with Crippen molar-refractivity contribution in [2.45, 2.75) is 26.3 Å². The lowest BCUT2D eigenvalue weighted by Gasteiger charge is -2.41. The topological polar surface area (TPSA) is 32.3 Å². The lowest BCUT2D eigenvalue weighted by Crippen LogP contribution is -2.50. The molecule has 2 aromatic carbocycles. The number of benzene rings is 2. The Bertz CT molecular complexity index is 691. The van der Waals surface area contributed by atoms with Gasteiger partial charge in [-0.05, 0) is 45.0 Å². The Hall–Kier alpha value is -2.29. The van der Waals surface area contributed by atoms with Crippen LogP contribution in [0.5, 0.6) is 0 Å². The van der Waals surface area contributed by atoms with E-state index >= 15 is 0 Å². The van der Waals surface area contributed by atoms with Crippen molar-refractivity contribution in [3.8, 4) is 0 Å². The first kappa shape index (κ1) is 13.7. The van der Waals surface area contributed by atoms with Crippen LogP contribution in [0.15, 0.2) is 48.5 Å². The van der Waals surface area contributed by atoms with E-state index in [4.69, 9.17) is 0 Å². The molecule has 1 heterocycles. The second-order valence-electron chi connectivity index (χ2n) is 6.29. The van der Waals surface area contributed by atoms with Crippen molar-refractivity contribution in [2.75, 3.05) is 16.8 Å². The molecule has 3 heteroatoms. The second kappa shape index (κ2) is 4.92. The molecule has 0 unspecified atom stereocenters. The van der Waals surface area contributed by atoms with E-state index in [2.05, 4.69) is 19.2 Å². The number of fused-ring (bicyclic) bond motifs is 1. The summed E-state index contributed by atoms with van der Waals surface area (Å²) in [5, 5.41) is 3.49. The highest BCUT2D eigenvalue weighted by Crippen LogP contribution is 2.35. The van der Waals surface area contributed by atoms with Gasteiger partial charge in [-0.1, -0.05) is 29.8 Å². The van der Waals surface area contributed by atoms with Gasteiger partial charge in [0.15, 0.2) is 0 Å². The average Bonchev–Trinajstić information content (AvgIpc) is 2.44. The van der Waals surface area contributed by atoms with Crippen LogP contribution in [0.3, 0.4) is 0 Å². The zero-order valence-corrected chi connectivity index (χ0v) is 12.7. The second-order valence-corrected chi connectivity index (χ2v) is 6.29. The molecule has 1 aliphatic rings. The molecule has 1 amide bonds. The Morgan fingerprint density at radius 2 is 1.90 bits per heavy atom. The van der Waals surface area contributed by atoms with E-state index in [1.165, 1.54) is 0 Å². The first-order valence-corrected chi connectivity index (χ1v) is 7.22. The minimum atomic E-state index is -0.145. The maximum atomic E-state index is 12.9. The molecule has 0 radical (unpaired) electrons. The Labute approximate surface area is 125 Å². The van der Waals surface area contributed by atoms with E-state index in [0.717, 1.165) is 22.5 Å². The summed E-state index contributed by atoms with van der Waals surface area (Å²) in [6, 6.07) is 15.7. The first-order valence-electron chi connectivity index (χ1n) is 7.22. The molecule has 0 bridgehead atoms. The van der Waals surface area contributed by atoms with Crippen molar-refractivity contribution >= 4 is 17.3 Å². The third-order valence-electron chi connectivity index (χ3n) is 3.73. The monoisotopic (exact) mass is 280 g/mol. The van der Waals surface area contributed by atoms with E-state index in [0.29, 0.717) is 6.54 Å². The number of amides is 1. The summed E-state index contributed by atoms with van der Waals surface area (Å²) in [4.78, 5) is 14.8. The van der Waals surface area contributed by atoms with Crippen LogP contribution < -0.4 is 10.2 Å².